The van der Waals surface area contributed by atoms with Crippen molar-refractivity contribution in [1.82, 2.24) is 4.57 Å². The van der Waals surface area contributed by atoms with E-state index in [9.17, 15) is 0 Å². The second-order valence-electron chi connectivity index (χ2n) is 18.0. The normalized spacial score (nSPS) is 18.3. The van der Waals surface area contributed by atoms with Gasteiger partial charge in [-0.1, -0.05) is 135 Å². The lowest BCUT2D eigenvalue weighted by molar-refractivity contribution is 0.421. The molecule has 0 unspecified atom stereocenters. The first-order chi connectivity index (χ1) is 28.5. The van der Waals surface area contributed by atoms with Crippen LogP contribution in [0.2, 0.25) is 0 Å². The van der Waals surface area contributed by atoms with E-state index in [1.54, 1.807) is 11.1 Å². The molecule has 0 amide bonds. The van der Waals surface area contributed by atoms with E-state index in [1.807, 2.05) is 0 Å². The topological polar surface area (TPSA) is 4.93 Å². The minimum Gasteiger partial charge on any atom is -0.313 e. The minimum absolute atomic E-state index is 0.0840. The van der Waals surface area contributed by atoms with Crippen LogP contribution in [0, 0.1) is 6.92 Å². The summed E-state index contributed by atoms with van der Waals surface area (Å²) in [6.07, 6.45) is 26.1. The Labute approximate surface area is 344 Å². The fourth-order valence-corrected chi connectivity index (χ4v) is 11.2. The minimum atomic E-state index is 0.0840. The van der Waals surface area contributed by atoms with Gasteiger partial charge < -0.3 is 4.57 Å². The standard InChI is InChI=1S/C57H53N/c1-37-45(31-32-52-55(37)48-21-11-6-12-24-51(48)57(52,2)3)47-23-14-22-46(56(47)41-19-13-20-41)40-25-29-44(30-26-40)58-53-33-27-42(38-15-7-4-8-16-38)35-49(53)50-36-43(28-34-54(50)58)39-17-9-5-10-18-39/h4-5,7-9,11,14-17,21-23,25-27,29-33,35-36,41H,6,10,12-13,18-20,24,28,34H2,1-3H3. The van der Waals surface area contributed by atoms with Crippen LogP contribution < -0.4 is 0 Å². The molecule has 0 saturated heterocycles. The Balaban J connectivity index is 1.02. The number of allylic oxidation sites excluding steroid dienone is 9. The average molecular weight is 752 g/mol. The molecule has 5 aliphatic rings. The number of fused-ring (bicyclic) bond motifs is 5. The predicted octanol–water partition coefficient (Wildman–Crippen LogP) is 15.6. The van der Waals surface area contributed by atoms with E-state index in [2.05, 4.69) is 165 Å². The van der Waals surface area contributed by atoms with Crippen LogP contribution in [-0.2, 0) is 11.8 Å². The maximum Gasteiger partial charge on any atom is 0.0538 e. The van der Waals surface area contributed by atoms with Crippen LogP contribution in [0.1, 0.15) is 111 Å². The van der Waals surface area contributed by atoms with Crippen molar-refractivity contribution < 1.29 is 0 Å². The zero-order valence-electron chi connectivity index (χ0n) is 34.4. The van der Waals surface area contributed by atoms with E-state index in [0.29, 0.717) is 5.92 Å². The summed E-state index contributed by atoms with van der Waals surface area (Å²) in [6, 6.07) is 39.6. The fourth-order valence-electron chi connectivity index (χ4n) is 11.2. The van der Waals surface area contributed by atoms with Crippen molar-refractivity contribution in [3.8, 4) is 39.1 Å². The summed E-state index contributed by atoms with van der Waals surface area (Å²) in [5, 5.41) is 1.35. The first kappa shape index (κ1) is 35.5. The second-order valence-corrected chi connectivity index (χ2v) is 18.0. The van der Waals surface area contributed by atoms with Gasteiger partial charge in [0.05, 0.1) is 5.52 Å². The van der Waals surface area contributed by atoms with Crippen molar-refractivity contribution in [3.63, 3.8) is 0 Å². The smallest absolute Gasteiger partial charge is 0.0538 e. The quantitative estimate of drug-likeness (QED) is 0.160. The summed E-state index contributed by atoms with van der Waals surface area (Å²) in [5.41, 5.74) is 25.7. The van der Waals surface area contributed by atoms with Gasteiger partial charge in [0.15, 0.2) is 0 Å². The highest BCUT2D eigenvalue weighted by Crippen LogP contribution is 2.53. The predicted molar refractivity (Wildman–Crippen MR) is 247 cm³/mol. The Morgan fingerprint density at radius 3 is 2.28 bits per heavy atom. The molecule has 58 heavy (non-hydrogen) atoms. The third-order valence-corrected chi connectivity index (χ3v) is 14.5. The molecule has 0 atom stereocenters. The van der Waals surface area contributed by atoms with Crippen molar-refractivity contribution in [1.29, 1.82) is 0 Å². The molecule has 1 aromatic heterocycles. The fraction of sp³-hybridized carbons (Fsp3) is 0.263. The average Bonchev–Trinajstić information content (AvgIpc) is 3.52. The van der Waals surface area contributed by atoms with Crippen molar-refractivity contribution in [3.05, 3.63) is 184 Å². The molecule has 5 aromatic carbocycles. The van der Waals surface area contributed by atoms with Gasteiger partial charge in [-0.3, -0.25) is 0 Å². The van der Waals surface area contributed by atoms with Gasteiger partial charge >= 0.3 is 0 Å². The van der Waals surface area contributed by atoms with Gasteiger partial charge in [-0.05, 0) is 173 Å². The van der Waals surface area contributed by atoms with Crippen LogP contribution in [-0.4, -0.2) is 4.57 Å². The highest BCUT2D eigenvalue weighted by Gasteiger charge is 2.38. The Morgan fingerprint density at radius 2 is 1.48 bits per heavy atom. The van der Waals surface area contributed by atoms with Crippen molar-refractivity contribution in [2.45, 2.75) is 96.3 Å². The second kappa shape index (κ2) is 14.0. The van der Waals surface area contributed by atoms with Crippen LogP contribution in [0.5, 0.6) is 0 Å². The third-order valence-electron chi connectivity index (χ3n) is 14.5. The van der Waals surface area contributed by atoms with Gasteiger partial charge in [-0.2, -0.15) is 0 Å². The van der Waals surface area contributed by atoms with Crippen LogP contribution in [0.3, 0.4) is 0 Å². The molecule has 1 saturated carbocycles. The lowest BCUT2D eigenvalue weighted by atomic mass is 9.73. The zero-order valence-corrected chi connectivity index (χ0v) is 34.4. The number of rotatable bonds is 6. The highest BCUT2D eigenvalue weighted by molar-refractivity contribution is 5.97. The lowest BCUT2D eigenvalue weighted by Crippen LogP contribution is -2.17. The number of hydrogen-bond donors (Lipinski definition) is 0. The van der Waals surface area contributed by atoms with Crippen LogP contribution in [0.4, 0.5) is 0 Å². The molecule has 11 rings (SSSR count). The van der Waals surface area contributed by atoms with E-state index in [1.165, 1.54) is 133 Å². The summed E-state index contributed by atoms with van der Waals surface area (Å²) in [4.78, 5) is 0. The Morgan fingerprint density at radius 1 is 0.655 bits per heavy atom. The molecule has 5 aliphatic carbocycles. The van der Waals surface area contributed by atoms with Gasteiger partial charge in [0.2, 0.25) is 0 Å². The molecule has 0 aliphatic heterocycles. The molecule has 1 heteroatoms. The lowest BCUT2D eigenvalue weighted by Gasteiger charge is -2.31. The molecule has 0 bridgehead atoms. The zero-order chi connectivity index (χ0) is 39.0. The van der Waals surface area contributed by atoms with Gasteiger partial charge in [0.25, 0.3) is 0 Å². The van der Waals surface area contributed by atoms with E-state index >= 15 is 0 Å². The van der Waals surface area contributed by atoms with Crippen LogP contribution in [0.15, 0.2) is 150 Å². The van der Waals surface area contributed by atoms with Crippen LogP contribution >= 0.6 is 0 Å². The monoisotopic (exact) mass is 751 g/mol. The van der Waals surface area contributed by atoms with E-state index in [4.69, 9.17) is 0 Å². The molecule has 6 aromatic rings. The molecule has 1 fully saturated rings. The molecule has 0 N–H and O–H groups in total. The molecule has 1 nitrogen and oxygen atoms in total. The van der Waals surface area contributed by atoms with Gasteiger partial charge in [-0.25, -0.2) is 0 Å². The molecular weight excluding hydrogens is 699 g/mol. The van der Waals surface area contributed by atoms with Gasteiger partial charge in [0.1, 0.15) is 0 Å². The summed E-state index contributed by atoms with van der Waals surface area (Å²) >= 11 is 0. The SMILES string of the molecule is Cc1c(-c2cccc(-c3ccc(-n4c5c(c6cc(-c7ccccc7)ccc64)C=C(C4=CC=CCC4)CC5)cc3)c2C2CCC2)ccc2c1C1=C(CCCC=C1)C2(C)C. The highest BCUT2D eigenvalue weighted by atomic mass is 15.0. The number of hydrogen-bond acceptors (Lipinski definition) is 0. The number of aromatic nitrogens is 1. The summed E-state index contributed by atoms with van der Waals surface area (Å²) in [7, 11) is 0. The molecule has 1 heterocycles. The maximum atomic E-state index is 2.56. The summed E-state index contributed by atoms with van der Waals surface area (Å²) < 4.78 is 2.56. The Kier molecular flexibility index (Phi) is 8.58. The largest absolute Gasteiger partial charge is 0.313 e. The number of benzene rings is 5. The van der Waals surface area contributed by atoms with Crippen molar-refractivity contribution in [2.24, 2.45) is 0 Å². The summed E-state index contributed by atoms with van der Waals surface area (Å²) in [6.45, 7) is 7.30. The molecular formula is C57H53N. The summed E-state index contributed by atoms with van der Waals surface area (Å²) in [5.74, 6) is 0.595. The van der Waals surface area contributed by atoms with Crippen molar-refractivity contribution in [2.75, 3.05) is 0 Å². The molecule has 286 valence electrons. The van der Waals surface area contributed by atoms with E-state index < -0.39 is 0 Å². The first-order valence-corrected chi connectivity index (χ1v) is 22.0. The Hall–Kier alpha value is -5.66. The van der Waals surface area contributed by atoms with Gasteiger partial charge in [-0.15, -0.1) is 0 Å². The Bertz CT molecular complexity index is 2780. The third kappa shape index (κ3) is 5.65. The van der Waals surface area contributed by atoms with Crippen molar-refractivity contribution >= 4 is 22.6 Å². The van der Waals surface area contributed by atoms with Crippen LogP contribution in [0.25, 0.3) is 61.6 Å². The molecule has 0 spiro atoms. The van der Waals surface area contributed by atoms with E-state index in [0.717, 1.165) is 25.7 Å². The van der Waals surface area contributed by atoms with Gasteiger partial charge in [0, 0.05) is 27.7 Å². The van der Waals surface area contributed by atoms with E-state index in [-0.39, 0.29) is 5.41 Å². The molecule has 0 radical (unpaired) electrons. The first-order valence-electron chi connectivity index (χ1n) is 22.0. The maximum absolute atomic E-state index is 2.56. The number of nitrogens with zero attached hydrogens (tertiary/aromatic N) is 1.